The number of fused-ring (bicyclic) bond motifs is 1. The van der Waals surface area contributed by atoms with E-state index in [-0.39, 0.29) is 18.0 Å². The number of anilines is 1. The summed E-state index contributed by atoms with van der Waals surface area (Å²) >= 11 is 3.19. The van der Waals surface area contributed by atoms with E-state index in [1.165, 1.54) is 11.3 Å². The molecular weight excluding hydrogens is 340 g/mol. The Labute approximate surface area is 151 Å². The predicted molar refractivity (Wildman–Crippen MR) is 103 cm³/mol. The molecule has 1 fully saturated rings. The molecule has 7 heteroatoms. The zero-order chi connectivity index (χ0) is 17.3. The van der Waals surface area contributed by atoms with Gasteiger partial charge in [-0.05, 0) is 46.1 Å². The molecule has 1 aliphatic heterocycles. The number of piperidine rings is 1. The summed E-state index contributed by atoms with van der Waals surface area (Å²) in [6, 6.07) is 2.19. The number of aromatic nitrogens is 1. The van der Waals surface area contributed by atoms with Gasteiger partial charge in [0.15, 0.2) is 5.13 Å². The standard InChI is InChI=1S/C17H26N4OS2/c1-4-20(5-2)17-19-15-13(24-17)10-14(23-15)16(22)21-9-7-6-8-12(21)11(3)18/h10-12H,4-9,18H2,1-3H3. The molecule has 0 spiro atoms. The van der Waals surface area contributed by atoms with Crippen LogP contribution in [0, 0.1) is 0 Å². The fourth-order valence-corrected chi connectivity index (χ4v) is 5.65. The molecule has 2 aromatic heterocycles. The summed E-state index contributed by atoms with van der Waals surface area (Å²) in [5, 5.41) is 1.05. The van der Waals surface area contributed by atoms with Crippen LogP contribution in [0.15, 0.2) is 6.07 Å². The van der Waals surface area contributed by atoms with Gasteiger partial charge < -0.3 is 15.5 Å². The molecule has 1 amide bonds. The normalized spacial score (nSPS) is 19.7. The number of thiazole rings is 1. The van der Waals surface area contributed by atoms with Crippen molar-refractivity contribution in [2.24, 2.45) is 5.73 Å². The molecule has 2 aromatic rings. The average molecular weight is 367 g/mol. The number of carbonyl (C=O) groups is 1. The van der Waals surface area contributed by atoms with Crippen LogP contribution in [0.4, 0.5) is 5.13 Å². The summed E-state index contributed by atoms with van der Waals surface area (Å²) in [4.78, 5) is 23.7. The first-order valence-corrected chi connectivity index (χ1v) is 10.4. The lowest BCUT2D eigenvalue weighted by Crippen LogP contribution is -2.51. The van der Waals surface area contributed by atoms with Crippen molar-refractivity contribution >= 4 is 43.2 Å². The van der Waals surface area contributed by atoms with Crippen molar-refractivity contribution in [3.63, 3.8) is 0 Å². The Kier molecular flexibility index (Phi) is 5.42. The van der Waals surface area contributed by atoms with Gasteiger partial charge in [0.2, 0.25) is 0 Å². The molecule has 0 bridgehead atoms. The summed E-state index contributed by atoms with van der Waals surface area (Å²) in [6.45, 7) is 8.99. The van der Waals surface area contributed by atoms with E-state index in [0.29, 0.717) is 0 Å². The molecule has 1 saturated heterocycles. The lowest BCUT2D eigenvalue weighted by Gasteiger charge is -2.37. The van der Waals surface area contributed by atoms with Crippen LogP contribution in [0.3, 0.4) is 0 Å². The van der Waals surface area contributed by atoms with E-state index in [0.717, 1.165) is 58.4 Å². The first-order valence-electron chi connectivity index (χ1n) is 8.77. The molecule has 3 heterocycles. The van der Waals surface area contributed by atoms with Crippen molar-refractivity contribution in [2.45, 2.75) is 52.1 Å². The molecule has 2 N–H and O–H groups in total. The van der Waals surface area contributed by atoms with Crippen LogP contribution in [0.25, 0.3) is 9.53 Å². The second-order valence-corrected chi connectivity index (χ2v) is 8.41. The van der Waals surface area contributed by atoms with E-state index >= 15 is 0 Å². The summed E-state index contributed by atoms with van der Waals surface area (Å²) in [5.74, 6) is 0.122. The second-order valence-electron chi connectivity index (χ2n) is 6.37. The minimum Gasteiger partial charge on any atom is -0.349 e. The number of hydrogen-bond acceptors (Lipinski definition) is 6. The SMILES string of the molecule is CCN(CC)c1nc2sc(C(=O)N3CCCCC3C(C)N)cc2s1. The minimum absolute atomic E-state index is 0.0164. The van der Waals surface area contributed by atoms with Gasteiger partial charge in [-0.2, -0.15) is 0 Å². The Bertz CT molecular complexity index is 673. The van der Waals surface area contributed by atoms with Crippen molar-refractivity contribution in [3.05, 3.63) is 10.9 Å². The van der Waals surface area contributed by atoms with Crippen LogP contribution in [0.2, 0.25) is 0 Å². The first-order chi connectivity index (χ1) is 11.5. The van der Waals surface area contributed by atoms with Gasteiger partial charge in [0.1, 0.15) is 4.83 Å². The number of amides is 1. The van der Waals surface area contributed by atoms with Gasteiger partial charge in [-0.15, -0.1) is 11.3 Å². The largest absolute Gasteiger partial charge is 0.349 e. The molecule has 2 atom stereocenters. The van der Waals surface area contributed by atoms with Crippen molar-refractivity contribution in [2.75, 3.05) is 24.5 Å². The van der Waals surface area contributed by atoms with E-state index in [4.69, 9.17) is 10.7 Å². The summed E-state index contributed by atoms with van der Waals surface area (Å²) in [5.41, 5.74) is 6.11. The van der Waals surface area contributed by atoms with Crippen LogP contribution in [0.1, 0.15) is 49.7 Å². The zero-order valence-electron chi connectivity index (χ0n) is 14.6. The van der Waals surface area contributed by atoms with E-state index in [9.17, 15) is 4.79 Å². The number of thiophene rings is 1. The third-order valence-electron chi connectivity index (χ3n) is 4.74. The van der Waals surface area contributed by atoms with E-state index in [1.54, 1.807) is 11.3 Å². The molecule has 0 saturated carbocycles. The Morgan fingerprint density at radius 3 is 2.79 bits per heavy atom. The molecule has 132 valence electrons. The van der Waals surface area contributed by atoms with Crippen molar-refractivity contribution < 1.29 is 4.79 Å². The molecule has 1 aliphatic rings. The van der Waals surface area contributed by atoms with E-state index in [2.05, 4.69) is 18.7 Å². The monoisotopic (exact) mass is 366 g/mol. The smallest absolute Gasteiger partial charge is 0.264 e. The zero-order valence-corrected chi connectivity index (χ0v) is 16.3. The molecular formula is C17H26N4OS2. The molecule has 0 aromatic carbocycles. The topological polar surface area (TPSA) is 62.5 Å². The number of carbonyl (C=O) groups excluding carboxylic acids is 1. The molecule has 24 heavy (non-hydrogen) atoms. The number of hydrogen-bond donors (Lipinski definition) is 1. The third-order valence-corrected chi connectivity index (χ3v) is 6.95. The average Bonchev–Trinajstić information content (AvgIpc) is 3.14. The summed E-state index contributed by atoms with van der Waals surface area (Å²) in [6.07, 6.45) is 3.23. The lowest BCUT2D eigenvalue weighted by atomic mass is 9.97. The lowest BCUT2D eigenvalue weighted by molar-refractivity contribution is 0.0589. The maximum atomic E-state index is 13.0. The van der Waals surface area contributed by atoms with E-state index < -0.39 is 0 Å². The van der Waals surface area contributed by atoms with Crippen LogP contribution >= 0.6 is 22.7 Å². The van der Waals surface area contributed by atoms with Crippen molar-refractivity contribution in [1.29, 1.82) is 0 Å². The Morgan fingerprint density at radius 1 is 1.42 bits per heavy atom. The second kappa shape index (κ2) is 7.37. The van der Waals surface area contributed by atoms with Gasteiger partial charge in [0, 0.05) is 31.7 Å². The number of likely N-dealkylation sites (tertiary alicyclic amines) is 1. The van der Waals surface area contributed by atoms with Gasteiger partial charge in [-0.1, -0.05) is 11.3 Å². The fourth-order valence-electron chi connectivity index (χ4n) is 3.36. The molecule has 0 aliphatic carbocycles. The highest BCUT2D eigenvalue weighted by atomic mass is 32.1. The quantitative estimate of drug-likeness (QED) is 0.879. The number of nitrogens with two attached hydrogens (primary N) is 1. The number of nitrogens with zero attached hydrogens (tertiary/aromatic N) is 3. The minimum atomic E-state index is 0.0164. The first kappa shape index (κ1) is 17.6. The molecule has 3 rings (SSSR count). The maximum absolute atomic E-state index is 13.0. The van der Waals surface area contributed by atoms with Gasteiger partial charge in [-0.25, -0.2) is 4.98 Å². The van der Waals surface area contributed by atoms with Gasteiger partial charge >= 0.3 is 0 Å². The van der Waals surface area contributed by atoms with Crippen LogP contribution in [0.5, 0.6) is 0 Å². The van der Waals surface area contributed by atoms with E-state index in [1.807, 2.05) is 17.9 Å². The highest BCUT2D eigenvalue weighted by Gasteiger charge is 2.31. The Morgan fingerprint density at radius 2 is 2.17 bits per heavy atom. The number of rotatable bonds is 5. The molecule has 2 unspecified atom stereocenters. The predicted octanol–water partition coefficient (Wildman–Crippen LogP) is 3.55. The van der Waals surface area contributed by atoms with Gasteiger partial charge in [0.25, 0.3) is 5.91 Å². The van der Waals surface area contributed by atoms with Crippen LogP contribution in [-0.2, 0) is 0 Å². The van der Waals surface area contributed by atoms with Gasteiger partial charge in [0.05, 0.1) is 9.58 Å². The highest BCUT2D eigenvalue weighted by molar-refractivity contribution is 7.29. The van der Waals surface area contributed by atoms with Crippen LogP contribution < -0.4 is 10.6 Å². The van der Waals surface area contributed by atoms with Crippen LogP contribution in [-0.4, -0.2) is 47.5 Å². The Hall–Kier alpha value is -1.18. The molecule has 0 radical (unpaired) electrons. The third kappa shape index (κ3) is 3.30. The molecule has 5 nitrogen and oxygen atoms in total. The van der Waals surface area contributed by atoms with Crippen molar-refractivity contribution in [3.8, 4) is 0 Å². The fraction of sp³-hybridized carbons (Fsp3) is 0.647. The van der Waals surface area contributed by atoms with Crippen molar-refractivity contribution in [1.82, 2.24) is 9.88 Å². The maximum Gasteiger partial charge on any atom is 0.264 e. The highest BCUT2D eigenvalue weighted by Crippen LogP contribution is 2.35. The Balaban J connectivity index is 1.83. The van der Waals surface area contributed by atoms with Gasteiger partial charge in [-0.3, -0.25) is 4.79 Å². The summed E-state index contributed by atoms with van der Waals surface area (Å²) < 4.78 is 1.11. The summed E-state index contributed by atoms with van der Waals surface area (Å²) in [7, 11) is 0.